The number of hydrogen-bond donors (Lipinski definition) is 2. The van der Waals surface area contributed by atoms with Crippen LogP contribution >= 0.6 is 11.3 Å². The van der Waals surface area contributed by atoms with Crippen molar-refractivity contribution in [2.75, 3.05) is 10.6 Å². The van der Waals surface area contributed by atoms with E-state index in [1.807, 2.05) is 56.3 Å². The molecule has 0 radical (unpaired) electrons. The van der Waals surface area contributed by atoms with E-state index in [1.165, 1.54) is 11.3 Å². The fourth-order valence-electron chi connectivity index (χ4n) is 3.00. The normalized spacial score (nSPS) is 10.7. The predicted molar refractivity (Wildman–Crippen MR) is 118 cm³/mol. The Bertz CT molecular complexity index is 1180. The van der Waals surface area contributed by atoms with Gasteiger partial charge in [-0.05, 0) is 49.7 Å². The third-order valence-electron chi connectivity index (χ3n) is 4.58. The summed E-state index contributed by atoms with van der Waals surface area (Å²) in [5.74, 6) is -0.569. The second kappa shape index (κ2) is 7.85. The van der Waals surface area contributed by atoms with Crippen LogP contribution in [0.25, 0.3) is 10.2 Å². The van der Waals surface area contributed by atoms with Gasteiger partial charge in [-0.3, -0.25) is 14.9 Å². The highest BCUT2D eigenvalue weighted by Gasteiger charge is 2.17. The van der Waals surface area contributed by atoms with Crippen molar-refractivity contribution in [3.63, 3.8) is 0 Å². The Hall–Kier alpha value is -3.51. The average molecular weight is 401 g/mol. The average Bonchev–Trinajstić information content (AvgIpc) is 3.12. The molecule has 3 aromatic carbocycles. The lowest BCUT2D eigenvalue weighted by atomic mass is 10.1. The fourth-order valence-corrected chi connectivity index (χ4v) is 3.86. The van der Waals surface area contributed by atoms with Gasteiger partial charge in [-0.15, -0.1) is 0 Å². The number of thiazole rings is 1. The fraction of sp³-hybridized carbons (Fsp3) is 0.0870. The van der Waals surface area contributed by atoms with Crippen LogP contribution < -0.4 is 10.6 Å². The summed E-state index contributed by atoms with van der Waals surface area (Å²) in [6, 6.07) is 20.4. The molecule has 0 bridgehead atoms. The number of aryl methyl sites for hydroxylation is 2. The molecule has 2 amide bonds. The van der Waals surface area contributed by atoms with E-state index < -0.39 is 0 Å². The molecule has 2 N–H and O–H groups in total. The number of benzene rings is 3. The standard InChI is InChI=1S/C23H19N3O2S/c1-14-10-12-16(13-11-14)21(27)25-20-15(2)6-5-7-17(20)22(28)26-23-24-18-8-3-4-9-19(18)29-23/h3-13H,1-2H3,(H,25,27)(H,24,26,28). The van der Waals surface area contributed by atoms with E-state index in [2.05, 4.69) is 15.6 Å². The smallest absolute Gasteiger partial charge is 0.259 e. The number of anilines is 2. The molecule has 1 aromatic heterocycles. The highest BCUT2D eigenvalue weighted by molar-refractivity contribution is 7.22. The van der Waals surface area contributed by atoms with Crippen LogP contribution in [0.4, 0.5) is 10.8 Å². The molecule has 0 spiro atoms. The first-order valence-electron chi connectivity index (χ1n) is 9.16. The van der Waals surface area contributed by atoms with Crippen molar-refractivity contribution in [2.45, 2.75) is 13.8 Å². The Morgan fingerprint density at radius 3 is 2.34 bits per heavy atom. The molecular formula is C23H19N3O2S. The van der Waals surface area contributed by atoms with Crippen LogP contribution in [0, 0.1) is 13.8 Å². The van der Waals surface area contributed by atoms with Gasteiger partial charge in [0.2, 0.25) is 0 Å². The Balaban J connectivity index is 1.60. The van der Waals surface area contributed by atoms with Crippen molar-refractivity contribution in [3.8, 4) is 0 Å². The first-order chi connectivity index (χ1) is 14.0. The zero-order chi connectivity index (χ0) is 20.4. The van der Waals surface area contributed by atoms with Crippen LogP contribution in [0.2, 0.25) is 0 Å². The predicted octanol–water partition coefficient (Wildman–Crippen LogP) is 5.42. The molecule has 29 heavy (non-hydrogen) atoms. The lowest BCUT2D eigenvalue weighted by Crippen LogP contribution is -2.19. The number of nitrogens with zero attached hydrogens (tertiary/aromatic N) is 1. The molecule has 4 rings (SSSR count). The van der Waals surface area contributed by atoms with E-state index in [9.17, 15) is 9.59 Å². The lowest BCUT2D eigenvalue weighted by molar-refractivity contribution is 0.102. The molecule has 4 aromatic rings. The van der Waals surface area contributed by atoms with Gasteiger partial charge in [-0.1, -0.05) is 53.3 Å². The van der Waals surface area contributed by atoms with Crippen LogP contribution in [0.5, 0.6) is 0 Å². The number of amides is 2. The molecule has 0 saturated heterocycles. The van der Waals surface area contributed by atoms with Crippen molar-refractivity contribution in [2.24, 2.45) is 0 Å². The molecule has 0 atom stereocenters. The van der Waals surface area contributed by atoms with Crippen molar-refractivity contribution in [3.05, 3.63) is 89.0 Å². The highest BCUT2D eigenvalue weighted by atomic mass is 32.1. The zero-order valence-corrected chi connectivity index (χ0v) is 16.8. The summed E-state index contributed by atoms with van der Waals surface area (Å²) in [5.41, 5.74) is 4.15. The summed E-state index contributed by atoms with van der Waals surface area (Å²) in [6.45, 7) is 3.83. The molecule has 0 aliphatic rings. The molecule has 144 valence electrons. The number of carbonyl (C=O) groups excluding carboxylic acids is 2. The maximum atomic E-state index is 12.9. The summed E-state index contributed by atoms with van der Waals surface area (Å²) in [6.07, 6.45) is 0. The van der Waals surface area contributed by atoms with Crippen molar-refractivity contribution in [1.82, 2.24) is 4.98 Å². The Morgan fingerprint density at radius 1 is 0.828 bits per heavy atom. The van der Waals surface area contributed by atoms with Gasteiger partial charge in [-0.25, -0.2) is 4.98 Å². The van der Waals surface area contributed by atoms with Crippen LogP contribution in [0.15, 0.2) is 66.7 Å². The third kappa shape index (κ3) is 4.02. The number of para-hydroxylation sites is 2. The molecule has 0 aliphatic heterocycles. The van der Waals surface area contributed by atoms with Crippen LogP contribution in [0.3, 0.4) is 0 Å². The van der Waals surface area contributed by atoms with Crippen LogP contribution in [-0.4, -0.2) is 16.8 Å². The summed E-state index contributed by atoms with van der Waals surface area (Å²) in [7, 11) is 0. The number of aromatic nitrogens is 1. The Labute approximate surface area is 172 Å². The minimum atomic E-state index is -0.313. The number of fused-ring (bicyclic) bond motifs is 1. The lowest BCUT2D eigenvalue weighted by Gasteiger charge is -2.13. The van der Waals surface area contributed by atoms with Gasteiger partial charge < -0.3 is 5.32 Å². The van der Waals surface area contributed by atoms with E-state index in [4.69, 9.17) is 0 Å². The first-order valence-corrected chi connectivity index (χ1v) is 9.97. The van der Waals surface area contributed by atoms with E-state index in [1.54, 1.807) is 24.3 Å². The zero-order valence-electron chi connectivity index (χ0n) is 16.0. The minimum Gasteiger partial charge on any atom is -0.321 e. The quantitative estimate of drug-likeness (QED) is 0.480. The van der Waals surface area contributed by atoms with E-state index in [0.717, 1.165) is 21.3 Å². The van der Waals surface area contributed by atoms with Crippen molar-refractivity contribution < 1.29 is 9.59 Å². The first kappa shape index (κ1) is 18.8. The molecule has 0 saturated carbocycles. The summed E-state index contributed by atoms with van der Waals surface area (Å²) in [4.78, 5) is 30.1. The molecule has 1 heterocycles. The van der Waals surface area contributed by atoms with Gasteiger partial charge in [0.15, 0.2) is 5.13 Å². The molecular weight excluding hydrogens is 382 g/mol. The van der Waals surface area contributed by atoms with E-state index in [0.29, 0.717) is 21.9 Å². The molecule has 0 unspecified atom stereocenters. The summed E-state index contributed by atoms with van der Waals surface area (Å²) in [5, 5.41) is 6.27. The molecule has 5 nitrogen and oxygen atoms in total. The largest absolute Gasteiger partial charge is 0.321 e. The Morgan fingerprint density at radius 2 is 1.59 bits per heavy atom. The minimum absolute atomic E-state index is 0.256. The van der Waals surface area contributed by atoms with E-state index >= 15 is 0 Å². The van der Waals surface area contributed by atoms with Crippen LogP contribution in [-0.2, 0) is 0 Å². The van der Waals surface area contributed by atoms with Crippen molar-refractivity contribution >= 4 is 44.2 Å². The van der Waals surface area contributed by atoms with Gasteiger partial charge in [0.1, 0.15) is 0 Å². The second-order valence-corrected chi connectivity index (χ2v) is 7.79. The Kier molecular flexibility index (Phi) is 5.10. The topological polar surface area (TPSA) is 71.1 Å². The maximum absolute atomic E-state index is 12.9. The monoisotopic (exact) mass is 401 g/mol. The summed E-state index contributed by atoms with van der Waals surface area (Å²) < 4.78 is 1.000. The van der Waals surface area contributed by atoms with Gasteiger partial charge in [0.05, 0.1) is 21.5 Å². The number of hydrogen-bond acceptors (Lipinski definition) is 4. The third-order valence-corrected chi connectivity index (χ3v) is 5.54. The second-order valence-electron chi connectivity index (χ2n) is 6.76. The molecule has 0 aliphatic carbocycles. The van der Waals surface area contributed by atoms with Gasteiger partial charge >= 0.3 is 0 Å². The van der Waals surface area contributed by atoms with E-state index in [-0.39, 0.29) is 11.8 Å². The van der Waals surface area contributed by atoms with Gasteiger partial charge in [0.25, 0.3) is 11.8 Å². The summed E-state index contributed by atoms with van der Waals surface area (Å²) >= 11 is 1.41. The molecule has 6 heteroatoms. The van der Waals surface area contributed by atoms with Crippen LogP contribution in [0.1, 0.15) is 31.8 Å². The maximum Gasteiger partial charge on any atom is 0.259 e. The van der Waals surface area contributed by atoms with Gasteiger partial charge in [0, 0.05) is 5.56 Å². The number of nitrogens with one attached hydrogen (secondary N) is 2. The highest BCUT2D eigenvalue weighted by Crippen LogP contribution is 2.27. The van der Waals surface area contributed by atoms with Gasteiger partial charge in [-0.2, -0.15) is 0 Å². The molecule has 0 fully saturated rings. The SMILES string of the molecule is Cc1ccc(C(=O)Nc2c(C)cccc2C(=O)Nc2nc3ccccc3s2)cc1. The van der Waals surface area contributed by atoms with Crippen molar-refractivity contribution in [1.29, 1.82) is 0 Å². The number of rotatable bonds is 4. The number of carbonyl (C=O) groups is 2.